The highest BCUT2D eigenvalue weighted by Gasteiger charge is 2.36. The minimum absolute atomic E-state index is 0.264. The van der Waals surface area contributed by atoms with Crippen LogP contribution in [0.3, 0.4) is 0 Å². The number of rotatable bonds is 10. The third-order valence-electron chi connectivity index (χ3n) is 6.04. The summed E-state index contributed by atoms with van der Waals surface area (Å²) in [6, 6.07) is 22.2. The molecule has 0 aliphatic heterocycles. The van der Waals surface area contributed by atoms with Gasteiger partial charge in [0.25, 0.3) is 0 Å². The fraction of sp³-hybridized carbons (Fsp3) is 0.480. The number of nitriles is 1. The van der Waals surface area contributed by atoms with Crippen molar-refractivity contribution in [3.8, 4) is 6.07 Å². The highest BCUT2D eigenvalue weighted by molar-refractivity contribution is 9.10. The average Bonchev–Trinajstić information content (AvgIpc) is 2.71. The average molecular weight is 441 g/mol. The third kappa shape index (κ3) is 5.46. The molecule has 0 saturated carbocycles. The zero-order chi connectivity index (χ0) is 20.6. The summed E-state index contributed by atoms with van der Waals surface area (Å²) in [5.41, 5.74) is 2.04. The van der Waals surface area contributed by atoms with Gasteiger partial charge in [0.05, 0.1) is 11.5 Å². The molecule has 0 amide bonds. The zero-order valence-corrected chi connectivity index (χ0v) is 19.2. The molecular weight excluding hydrogens is 408 g/mol. The lowest BCUT2D eigenvalue weighted by Crippen LogP contribution is -2.38. The topological polar surface area (TPSA) is 27.0 Å². The molecule has 0 aliphatic rings. The maximum atomic E-state index is 10.2. The van der Waals surface area contributed by atoms with Gasteiger partial charge in [0.1, 0.15) is 0 Å². The number of halogens is 1. The summed E-state index contributed by atoms with van der Waals surface area (Å²) < 4.78 is 1.05. The van der Waals surface area contributed by atoms with Gasteiger partial charge in [0.2, 0.25) is 0 Å². The van der Waals surface area contributed by atoms with Crippen LogP contribution in [0.5, 0.6) is 0 Å². The molecule has 2 nitrogen and oxygen atoms in total. The first-order valence-corrected chi connectivity index (χ1v) is 11.2. The predicted octanol–water partition coefficient (Wildman–Crippen LogP) is 6.95. The summed E-state index contributed by atoms with van der Waals surface area (Å²) in [7, 11) is 0. The van der Waals surface area contributed by atoms with Crippen molar-refractivity contribution >= 4 is 15.9 Å². The Kier molecular flexibility index (Phi) is 8.73. The maximum Gasteiger partial charge on any atom is 0.0845 e. The van der Waals surface area contributed by atoms with E-state index in [-0.39, 0.29) is 5.92 Å². The lowest BCUT2D eigenvalue weighted by Gasteiger charge is -2.36. The Morgan fingerprint density at radius 3 is 2.18 bits per heavy atom. The van der Waals surface area contributed by atoms with E-state index in [0.29, 0.717) is 6.04 Å². The van der Waals surface area contributed by atoms with Gasteiger partial charge in [-0.2, -0.15) is 5.26 Å². The van der Waals surface area contributed by atoms with Gasteiger partial charge in [-0.25, -0.2) is 0 Å². The summed E-state index contributed by atoms with van der Waals surface area (Å²) in [6.45, 7) is 10.8. The lowest BCUT2D eigenvalue weighted by molar-refractivity contribution is 0.168. The van der Waals surface area contributed by atoms with Gasteiger partial charge in [-0.1, -0.05) is 86.1 Å². The first-order valence-electron chi connectivity index (χ1n) is 10.4. The molecule has 0 spiro atoms. The minimum Gasteiger partial charge on any atom is -0.296 e. The summed E-state index contributed by atoms with van der Waals surface area (Å²) in [5, 5.41) is 10.2. The van der Waals surface area contributed by atoms with E-state index in [1.54, 1.807) is 0 Å². The summed E-state index contributed by atoms with van der Waals surface area (Å²) in [6.07, 6.45) is 3.01. The van der Waals surface area contributed by atoms with E-state index in [0.717, 1.165) is 42.4 Å². The van der Waals surface area contributed by atoms with Crippen LogP contribution in [0.1, 0.15) is 58.1 Å². The van der Waals surface area contributed by atoms with E-state index >= 15 is 0 Å². The number of hydrogen-bond donors (Lipinski definition) is 0. The number of benzene rings is 2. The van der Waals surface area contributed by atoms with Crippen molar-refractivity contribution < 1.29 is 0 Å². The van der Waals surface area contributed by atoms with Crippen molar-refractivity contribution in [3.05, 3.63) is 70.2 Å². The Bertz CT molecular complexity index is 748. The van der Waals surface area contributed by atoms with Gasteiger partial charge in [-0.05, 0) is 55.0 Å². The molecule has 28 heavy (non-hydrogen) atoms. The van der Waals surface area contributed by atoms with E-state index in [4.69, 9.17) is 0 Å². The van der Waals surface area contributed by atoms with Gasteiger partial charge in [0.15, 0.2) is 0 Å². The van der Waals surface area contributed by atoms with Gasteiger partial charge >= 0.3 is 0 Å². The second kappa shape index (κ2) is 10.8. The van der Waals surface area contributed by atoms with Crippen molar-refractivity contribution in [3.63, 3.8) is 0 Å². The van der Waals surface area contributed by atoms with Crippen LogP contribution in [-0.4, -0.2) is 17.5 Å². The van der Waals surface area contributed by atoms with Crippen LogP contribution in [0.15, 0.2) is 59.1 Å². The molecule has 2 aromatic carbocycles. The van der Waals surface area contributed by atoms with Crippen LogP contribution in [0.2, 0.25) is 0 Å². The molecule has 2 aromatic rings. The Hall–Kier alpha value is -1.63. The molecule has 2 rings (SSSR count). The van der Waals surface area contributed by atoms with Crippen molar-refractivity contribution in [2.45, 2.75) is 65.0 Å². The molecule has 0 N–H and O–H groups in total. The van der Waals surface area contributed by atoms with Crippen molar-refractivity contribution in [1.82, 2.24) is 4.90 Å². The second-order valence-electron chi connectivity index (χ2n) is 7.89. The van der Waals surface area contributed by atoms with E-state index in [9.17, 15) is 5.26 Å². The maximum absolute atomic E-state index is 10.2. The van der Waals surface area contributed by atoms with Gasteiger partial charge in [-0.3, -0.25) is 4.90 Å². The zero-order valence-electron chi connectivity index (χ0n) is 17.7. The van der Waals surface area contributed by atoms with Crippen molar-refractivity contribution in [2.24, 2.45) is 5.92 Å². The Morgan fingerprint density at radius 1 is 1.04 bits per heavy atom. The lowest BCUT2D eigenvalue weighted by atomic mass is 9.69. The molecule has 150 valence electrons. The van der Waals surface area contributed by atoms with Gasteiger partial charge < -0.3 is 0 Å². The molecule has 2 atom stereocenters. The summed E-state index contributed by atoms with van der Waals surface area (Å²) in [4.78, 5) is 2.55. The SMILES string of the molecule is CCC(CCC(C#N)(c1ccc(Br)cc1)C(C)C)N(CC)Cc1ccccc1. The highest BCUT2D eigenvalue weighted by atomic mass is 79.9. The highest BCUT2D eigenvalue weighted by Crippen LogP contribution is 2.38. The predicted molar refractivity (Wildman–Crippen MR) is 122 cm³/mol. The van der Waals surface area contributed by atoms with Crippen LogP contribution >= 0.6 is 15.9 Å². The quantitative estimate of drug-likeness (QED) is 0.399. The molecule has 0 bridgehead atoms. The van der Waals surface area contributed by atoms with Crippen LogP contribution in [0.25, 0.3) is 0 Å². The third-order valence-corrected chi connectivity index (χ3v) is 6.57. The van der Waals surface area contributed by atoms with Crippen molar-refractivity contribution in [1.29, 1.82) is 5.26 Å². The Labute approximate surface area is 179 Å². The molecule has 0 saturated heterocycles. The number of nitrogens with zero attached hydrogens (tertiary/aromatic N) is 2. The van der Waals surface area contributed by atoms with Crippen LogP contribution in [0.4, 0.5) is 0 Å². The van der Waals surface area contributed by atoms with E-state index < -0.39 is 5.41 Å². The second-order valence-corrected chi connectivity index (χ2v) is 8.81. The largest absolute Gasteiger partial charge is 0.296 e. The Morgan fingerprint density at radius 2 is 1.68 bits per heavy atom. The summed E-state index contributed by atoms with van der Waals surface area (Å²) >= 11 is 3.51. The fourth-order valence-electron chi connectivity index (χ4n) is 4.12. The Balaban J connectivity index is 2.19. The van der Waals surface area contributed by atoms with E-state index in [1.807, 2.05) is 0 Å². The first kappa shape index (κ1) is 22.7. The van der Waals surface area contributed by atoms with Crippen LogP contribution in [0, 0.1) is 17.2 Å². The molecule has 2 unspecified atom stereocenters. The molecule has 0 aliphatic carbocycles. The summed E-state index contributed by atoms with van der Waals surface area (Å²) in [5.74, 6) is 0.264. The van der Waals surface area contributed by atoms with E-state index in [1.165, 1.54) is 5.56 Å². The van der Waals surface area contributed by atoms with Gasteiger partial charge in [-0.15, -0.1) is 0 Å². The standard InChI is InChI=1S/C25H33BrN2/c1-5-24(28(6-2)18-21-10-8-7-9-11-21)16-17-25(19-27,20(3)4)22-12-14-23(26)15-13-22/h7-15,20,24H,5-6,16-18H2,1-4H3. The van der Waals surface area contributed by atoms with Crippen LogP contribution in [-0.2, 0) is 12.0 Å². The van der Waals surface area contributed by atoms with Gasteiger partial charge in [0, 0.05) is 17.1 Å². The molecular formula is C25H33BrN2. The molecule has 0 aromatic heterocycles. The smallest absolute Gasteiger partial charge is 0.0845 e. The first-order chi connectivity index (χ1) is 13.5. The molecule has 3 heteroatoms. The normalized spacial score (nSPS) is 14.6. The monoisotopic (exact) mass is 440 g/mol. The fourth-order valence-corrected chi connectivity index (χ4v) is 4.38. The molecule has 0 heterocycles. The van der Waals surface area contributed by atoms with Crippen molar-refractivity contribution in [2.75, 3.05) is 6.54 Å². The number of hydrogen-bond acceptors (Lipinski definition) is 2. The van der Waals surface area contributed by atoms with Crippen LogP contribution < -0.4 is 0 Å². The molecule has 0 radical (unpaired) electrons. The van der Waals surface area contributed by atoms with E-state index in [2.05, 4.69) is 109 Å². The molecule has 0 fully saturated rings. The minimum atomic E-state index is -0.444.